The number of hydrogen-bond donors (Lipinski definition) is 0. The zero-order valence-electron chi connectivity index (χ0n) is 14.6. The average molecular weight is 363 g/mol. The van der Waals surface area contributed by atoms with Crippen molar-refractivity contribution in [2.24, 2.45) is 0 Å². The van der Waals surface area contributed by atoms with Gasteiger partial charge in [-0.15, -0.1) is 0 Å². The first kappa shape index (κ1) is 22.5. The van der Waals surface area contributed by atoms with Crippen LogP contribution in [0.2, 0.25) is 0 Å². The molecule has 0 amide bonds. The minimum Gasteiger partial charge on any atom is -0.465 e. The van der Waals surface area contributed by atoms with Crippen LogP contribution in [0.25, 0.3) is 0 Å². The number of rotatable bonds is 13. The molecule has 0 aromatic carbocycles. The Hall–Kier alpha value is -0.490. The van der Waals surface area contributed by atoms with Crippen LogP contribution in [0.5, 0.6) is 0 Å². The lowest BCUT2D eigenvalue weighted by molar-refractivity contribution is -0.141. The largest absolute Gasteiger partial charge is 0.465 e. The molecular weight excluding hydrogens is 332 g/mol. The highest BCUT2D eigenvalue weighted by molar-refractivity contribution is 8.14. The van der Waals surface area contributed by atoms with Gasteiger partial charge in [-0.25, -0.2) is 0 Å². The summed E-state index contributed by atoms with van der Waals surface area (Å²) in [7, 11) is 0. The van der Waals surface area contributed by atoms with E-state index in [9.17, 15) is 14.4 Å². The van der Waals surface area contributed by atoms with Gasteiger partial charge in [-0.1, -0.05) is 62.0 Å². The summed E-state index contributed by atoms with van der Waals surface area (Å²) in [6, 6.07) is 0. The number of carbonyl (C=O) groups excluding carboxylic acids is 3. The van der Waals surface area contributed by atoms with E-state index in [4.69, 9.17) is 4.74 Å². The number of carbonyl (C=O) groups is 3. The lowest BCUT2D eigenvalue weighted by Gasteiger charge is -2.14. The standard InChI is InChI=1S/C17H30O4S2/c1-14(18)21-13-17(23-16(3)20)11-9-7-5-4-6-8-10-12-22-15(2)19/h17H,4-13H2,1-3H3. The number of unbranched alkanes of at least 4 members (excludes halogenated alkanes) is 6. The van der Waals surface area contributed by atoms with Crippen molar-refractivity contribution in [3.63, 3.8) is 0 Å². The van der Waals surface area contributed by atoms with E-state index in [0.717, 1.165) is 31.4 Å². The van der Waals surface area contributed by atoms with Crippen molar-refractivity contribution in [1.82, 2.24) is 0 Å². The van der Waals surface area contributed by atoms with Gasteiger partial charge in [0, 0.05) is 31.8 Å². The number of hydrogen-bond acceptors (Lipinski definition) is 6. The van der Waals surface area contributed by atoms with Crippen LogP contribution in [0.3, 0.4) is 0 Å². The Bertz CT molecular complexity index is 359. The monoisotopic (exact) mass is 362 g/mol. The van der Waals surface area contributed by atoms with E-state index in [0.29, 0.717) is 6.61 Å². The third-order valence-electron chi connectivity index (χ3n) is 3.28. The summed E-state index contributed by atoms with van der Waals surface area (Å²) < 4.78 is 5.02. The Kier molecular flexibility index (Phi) is 14.7. The van der Waals surface area contributed by atoms with Crippen LogP contribution in [0, 0.1) is 0 Å². The normalized spacial score (nSPS) is 12.0. The van der Waals surface area contributed by atoms with Gasteiger partial charge in [0.2, 0.25) is 0 Å². The van der Waals surface area contributed by atoms with Crippen molar-refractivity contribution in [2.75, 3.05) is 12.4 Å². The summed E-state index contributed by atoms with van der Waals surface area (Å²) in [6.07, 6.45) is 9.07. The van der Waals surface area contributed by atoms with Gasteiger partial charge in [-0.2, -0.15) is 0 Å². The van der Waals surface area contributed by atoms with Gasteiger partial charge < -0.3 is 4.74 Å². The van der Waals surface area contributed by atoms with E-state index in [1.165, 1.54) is 56.1 Å². The Balaban J connectivity index is 3.55. The SMILES string of the molecule is CC(=O)OCC(CCCCCCCCCSC(C)=O)SC(C)=O. The van der Waals surface area contributed by atoms with Gasteiger partial charge in [0.15, 0.2) is 10.2 Å². The molecule has 0 bridgehead atoms. The van der Waals surface area contributed by atoms with Crippen LogP contribution in [-0.4, -0.2) is 33.8 Å². The maximum Gasteiger partial charge on any atom is 0.302 e. The first-order chi connectivity index (χ1) is 10.9. The average Bonchev–Trinajstić information content (AvgIpc) is 2.45. The molecule has 134 valence electrons. The minimum atomic E-state index is -0.290. The lowest BCUT2D eigenvalue weighted by Crippen LogP contribution is -2.16. The maximum atomic E-state index is 11.2. The van der Waals surface area contributed by atoms with E-state index < -0.39 is 0 Å². The lowest BCUT2D eigenvalue weighted by atomic mass is 10.1. The summed E-state index contributed by atoms with van der Waals surface area (Å²) in [4.78, 5) is 32.8. The van der Waals surface area contributed by atoms with Gasteiger partial charge >= 0.3 is 5.97 Å². The fourth-order valence-electron chi connectivity index (χ4n) is 2.20. The number of thioether (sulfide) groups is 2. The topological polar surface area (TPSA) is 60.4 Å². The predicted octanol–water partition coefficient (Wildman–Crippen LogP) is 4.60. The van der Waals surface area contributed by atoms with E-state index in [2.05, 4.69) is 0 Å². The van der Waals surface area contributed by atoms with Crippen molar-refractivity contribution in [1.29, 1.82) is 0 Å². The van der Waals surface area contributed by atoms with Crippen LogP contribution in [0.4, 0.5) is 0 Å². The van der Waals surface area contributed by atoms with E-state index >= 15 is 0 Å². The summed E-state index contributed by atoms with van der Waals surface area (Å²) in [6.45, 7) is 4.89. The summed E-state index contributed by atoms with van der Waals surface area (Å²) in [5.41, 5.74) is 0. The zero-order chi connectivity index (χ0) is 17.5. The van der Waals surface area contributed by atoms with E-state index in [1.807, 2.05) is 0 Å². The van der Waals surface area contributed by atoms with E-state index in [-0.39, 0.29) is 21.4 Å². The van der Waals surface area contributed by atoms with Crippen LogP contribution < -0.4 is 0 Å². The number of ether oxygens (including phenoxy) is 1. The molecule has 23 heavy (non-hydrogen) atoms. The third kappa shape index (κ3) is 17.7. The van der Waals surface area contributed by atoms with Gasteiger partial charge in [-0.05, 0) is 12.8 Å². The highest BCUT2D eigenvalue weighted by Crippen LogP contribution is 2.20. The molecule has 1 atom stereocenters. The highest BCUT2D eigenvalue weighted by atomic mass is 32.2. The maximum absolute atomic E-state index is 11.2. The summed E-state index contributed by atoms with van der Waals surface area (Å²) in [5.74, 6) is 0.650. The molecule has 0 heterocycles. The molecule has 4 nitrogen and oxygen atoms in total. The van der Waals surface area contributed by atoms with Crippen LogP contribution in [0.15, 0.2) is 0 Å². The molecule has 6 heteroatoms. The first-order valence-corrected chi connectivity index (χ1v) is 10.2. The molecule has 0 rings (SSSR count). The van der Waals surface area contributed by atoms with Crippen molar-refractivity contribution < 1.29 is 19.1 Å². The smallest absolute Gasteiger partial charge is 0.302 e. The number of esters is 1. The molecule has 0 saturated carbocycles. The van der Waals surface area contributed by atoms with Crippen LogP contribution in [0.1, 0.15) is 72.1 Å². The molecule has 0 aromatic heterocycles. The Morgan fingerprint density at radius 2 is 1.39 bits per heavy atom. The van der Waals surface area contributed by atoms with Crippen molar-refractivity contribution in [3.8, 4) is 0 Å². The zero-order valence-corrected chi connectivity index (χ0v) is 16.2. The predicted molar refractivity (Wildman–Crippen MR) is 98.8 cm³/mol. The molecule has 0 radical (unpaired) electrons. The molecular formula is C17H30O4S2. The van der Waals surface area contributed by atoms with Crippen LogP contribution in [-0.2, 0) is 19.1 Å². The molecule has 0 spiro atoms. The van der Waals surface area contributed by atoms with Gasteiger partial charge in [0.05, 0.1) is 0 Å². The second-order valence-electron chi connectivity index (χ2n) is 5.64. The molecule has 0 aliphatic carbocycles. The van der Waals surface area contributed by atoms with Crippen molar-refractivity contribution in [3.05, 3.63) is 0 Å². The fraction of sp³-hybridized carbons (Fsp3) is 0.824. The van der Waals surface area contributed by atoms with Gasteiger partial charge in [-0.3, -0.25) is 14.4 Å². The quantitative estimate of drug-likeness (QED) is 0.352. The second-order valence-corrected chi connectivity index (χ2v) is 8.39. The van der Waals surface area contributed by atoms with Crippen molar-refractivity contribution in [2.45, 2.75) is 77.4 Å². The van der Waals surface area contributed by atoms with Gasteiger partial charge in [0.25, 0.3) is 0 Å². The summed E-state index contributed by atoms with van der Waals surface area (Å²) in [5, 5.41) is 0.363. The molecule has 0 aliphatic rings. The Labute approximate surface area is 148 Å². The summed E-state index contributed by atoms with van der Waals surface area (Å²) >= 11 is 2.69. The Morgan fingerprint density at radius 1 is 0.826 bits per heavy atom. The van der Waals surface area contributed by atoms with Crippen LogP contribution >= 0.6 is 23.5 Å². The Morgan fingerprint density at radius 3 is 1.91 bits per heavy atom. The first-order valence-electron chi connectivity index (χ1n) is 8.35. The molecule has 0 aliphatic heterocycles. The molecule has 0 fully saturated rings. The highest BCUT2D eigenvalue weighted by Gasteiger charge is 2.13. The fourth-order valence-corrected chi connectivity index (χ4v) is 3.72. The molecule has 1 unspecified atom stereocenters. The third-order valence-corrected chi connectivity index (χ3v) is 5.22. The van der Waals surface area contributed by atoms with Crippen molar-refractivity contribution >= 4 is 39.7 Å². The second kappa shape index (κ2) is 15.1. The minimum absolute atomic E-state index is 0.0746. The molecule has 0 N–H and O–H groups in total. The van der Waals surface area contributed by atoms with Gasteiger partial charge in [0.1, 0.15) is 6.61 Å². The molecule has 0 aromatic rings. The van der Waals surface area contributed by atoms with E-state index in [1.54, 1.807) is 13.8 Å². The molecule has 0 saturated heterocycles.